The van der Waals surface area contributed by atoms with Crippen LogP contribution in [0.15, 0.2) is 83.8 Å². The molecule has 158 valence electrons. The van der Waals surface area contributed by atoms with Gasteiger partial charge in [0, 0.05) is 28.7 Å². The van der Waals surface area contributed by atoms with Crippen molar-refractivity contribution in [3.8, 4) is 0 Å². The molecule has 0 N–H and O–H groups in total. The Bertz CT molecular complexity index is 1390. The van der Waals surface area contributed by atoms with Crippen LogP contribution in [-0.2, 0) is 11.3 Å². The minimum absolute atomic E-state index is 0.232. The molecule has 32 heavy (non-hydrogen) atoms. The average molecular weight is 459 g/mol. The molecule has 4 aromatic rings. The molecule has 0 spiro atoms. The number of aromatic nitrogens is 1. The number of hydrogen-bond acceptors (Lipinski definition) is 3. The summed E-state index contributed by atoms with van der Waals surface area (Å²) in [5, 5.41) is 1.08. The van der Waals surface area contributed by atoms with Crippen LogP contribution in [0.3, 0.4) is 0 Å². The minimum Gasteiger partial charge on any atom is -0.340 e. The molecule has 2 heterocycles. The predicted octanol–water partition coefficient (Wildman–Crippen LogP) is 6.54. The Kier molecular flexibility index (Phi) is 5.41. The number of fused-ring (bicyclic) bond motifs is 1. The van der Waals surface area contributed by atoms with Gasteiger partial charge in [-0.3, -0.25) is 9.69 Å². The van der Waals surface area contributed by atoms with Crippen LogP contribution < -0.4 is 4.90 Å². The number of para-hydroxylation sites is 1. The van der Waals surface area contributed by atoms with Gasteiger partial charge in [0.25, 0.3) is 5.91 Å². The molecule has 1 fully saturated rings. The molecule has 1 aromatic heterocycles. The lowest BCUT2D eigenvalue weighted by Crippen LogP contribution is -2.27. The Balaban J connectivity index is 1.58. The van der Waals surface area contributed by atoms with Crippen molar-refractivity contribution in [1.82, 2.24) is 4.57 Å². The van der Waals surface area contributed by atoms with Gasteiger partial charge in [0.2, 0.25) is 0 Å². The molecule has 1 aliphatic heterocycles. The van der Waals surface area contributed by atoms with Crippen LogP contribution in [0.1, 0.15) is 16.8 Å². The quantitative estimate of drug-likeness (QED) is 0.256. The van der Waals surface area contributed by atoms with E-state index in [1.165, 1.54) is 34.4 Å². The van der Waals surface area contributed by atoms with Crippen LogP contribution in [0.2, 0.25) is 0 Å². The summed E-state index contributed by atoms with van der Waals surface area (Å²) in [6.07, 6.45) is 1.91. The zero-order valence-electron chi connectivity index (χ0n) is 17.3. The number of anilines is 1. The Labute approximate surface area is 195 Å². The number of thiocarbonyl (C=S) groups is 1. The normalized spacial score (nSPS) is 15.3. The molecule has 0 radical (unpaired) electrons. The third-order valence-electron chi connectivity index (χ3n) is 5.60. The number of halogens is 1. The summed E-state index contributed by atoms with van der Waals surface area (Å²) in [4.78, 5) is 15.1. The van der Waals surface area contributed by atoms with E-state index in [0.29, 0.717) is 14.9 Å². The van der Waals surface area contributed by atoms with Crippen LogP contribution >= 0.6 is 24.0 Å². The second-order valence-corrected chi connectivity index (χ2v) is 9.26. The van der Waals surface area contributed by atoms with Crippen LogP contribution in [0, 0.1) is 12.7 Å². The molecule has 1 saturated heterocycles. The van der Waals surface area contributed by atoms with Crippen molar-refractivity contribution < 1.29 is 9.18 Å². The van der Waals surface area contributed by atoms with E-state index in [4.69, 9.17) is 12.2 Å². The summed E-state index contributed by atoms with van der Waals surface area (Å²) in [6.45, 7) is 2.81. The highest BCUT2D eigenvalue weighted by atomic mass is 32.2. The van der Waals surface area contributed by atoms with E-state index < -0.39 is 5.82 Å². The standard InChI is InChI=1S/C26H19FN2OS2/c1-17-22(15-24-25(30)29(26(31)32-24)20-11-7-10-19(27)14-20)21-12-5-6-13-23(21)28(17)16-18-8-3-2-4-9-18/h2-15H,16H2,1H3/b24-15+. The monoisotopic (exact) mass is 458 g/mol. The third-order valence-corrected chi connectivity index (χ3v) is 6.90. The fourth-order valence-electron chi connectivity index (χ4n) is 4.05. The van der Waals surface area contributed by atoms with E-state index >= 15 is 0 Å². The van der Waals surface area contributed by atoms with Gasteiger partial charge in [-0.05, 0) is 42.8 Å². The molecular formula is C26H19FN2OS2. The number of benzene rings is 3. The number of nitrogens with zero attached hydrogens (tertiary/aromatic N) is 2. The summed E-state index contributed by atoms with van der Waals surface area (Å²) in [5.74, 6) is -0.634. The Morgan fingerprint density at radius 3 is 2.53 bits per heavy atom. The average Bonchev–Trinajstić information content (AvgIpc) is 3.22. The molecule has 3 nitrogen and oxygen atoms in total. The van der Waals surface area contributed by atoms with E-state index in [0.717, 1.165) is 28.7 Å². The Morgan fingerprint density at radius 1 is 1.00 bits per heavy atom. The molecular weight excluding hydrogens is 439 g/mol. The zero-order valence-corrected chi connectivity index (χ0v) is 18.9. The van der Waals surface area contributed by atoms with Gasteiger partial charge in [0.1, 0.15) is 5.82 Å². The first-order chi connectivity index (χ1) is 15.5. The fourth-order valence-corrected chi connectivity index (χ4v) is 5.33. The van der Waals surface area contributed by atoms with Crippen molar-refractivity contribution >= 4 is 56.9 Å². The highest BCUT2D eigenvalue weighted by Gasteiger charge is 2.34. The summed E-state index contributed by atoms with van der Waals surface area (Å²) < 4.78 is 16.4. The van der Waals surface area contributed by atoms with E-state index in [2.05, 4.69) is 35.8 Å². The molecule has 0 unspecified atom stereocenters. The summed E-state index contributed by atoms with van der Waals surface area (Å²) in [5.41, 5.74) is 4.84. The largest absolute Gasteiger partial charge is 0.340 e. The van der Waals surface area contributed by atoms with Crippen LogP contribution in [0.5, 0.6) is 0 Å². The fraction of sp³-hybridized carbons (Fsp3) is 0.0769. The topological polar surface area (TPSA) is 25.2 Å². The minimum atomic E-state index is -0.402. The van der Waals surface area contributed by atoms with E-state index in [1.54, 1.807) is 12.1 Å². The van der Waals surface area contributed by atoms with Crippen LogP contribution in [0.25, 0.3) is 17.0 Å². The lowest BCUT2D eigenvalue weighted by Gasteiger charge is -2.14. The maximum Gasteiger partial charge on any atom is 0.270 e. The number of carbonyl (C=O) groups excluding carboxylic acids is 1. The van der Waals surface area contributed by atoms with Crippen molar-refractivity contribution in [2.75, 3.05) is 4.90 Å². The van der Waals surface area contributed by atoms with Gasteiger partial charge in [-0.15, -0.1) is 0 Å². The maximum absolute atomic E-state index is 13.7. The first-order valence-corrected chi connectivity index (χ1v) is 11.4. The van der Waals surface area contributed by atoms with Crippen molar-refractivity contribution in [1.29, 1.82) is 0 Å². The summed E-state index contributed by atoms with van der Waals surface area (Å²) in [7, 11) is 0. The number of hydrogen-bond donors (Lipinski definition) is 0. The molecule has 1 aliphatic rings. The molecule has 0 aliphatic carbocycles. The highest BCUT2D eigenvalue weighted by molar-refractivity contribution is 8.27. The van der Waals surface area contributed by atoms with Gasteiger partial charge in [-0.2, -0.15) is 0 Å². The van der Waals surface area contributed by atoms with E-state index in [1.807, 2.05) is 36.4 Å². The van der Waals surface area contributed by atoms with Crippen LogP contribution in [-0.4, -0.2) is 14.8 Å². The van der Waals surface area contributed by atoms with Crippen molar-refractivity contribution in [3.05, 3.63) is 106 Å². The smallest absolute Gasteiger partial charge is 0.270 e. The SMILES string of the molecule is Cc1c(/C=C2/SC(=S)N(c3cccc(F)c3)C2=O)c2ccccc2n1Cc1ccccc1. The molecule has 5 rings (SSSR count). The molecule has 0 saturated carbocycles. The first-order valence-electron chi connectivity index (χ1n) is 10.2. The summed E-state index contributed by atoms with van der Waals surface area (Å²) >= 11 is 6.70. The number of thioether (sulfide) groups is 1. The Morgan fingerprint density at radius 2 is 1.75 bits per heavy atom. The van der Waals surface area contributed by atoms with Gasteiger partial charge in [-0.1, -0.05) is 78.6 Å². The van der Waals surface area contributed by atoms with Gasteiger partial charge >= 0.3 is 0 Å². The Hall–Kier alpha value is -3.22. The number of carbonyl (C=O) groups is 1. The van der Waals surface area contributed by atoms with Crippen LogP contribution in [0.4, 0.5) is 10.1 Å². The van der Waals surface area contributed by atoms with Crippen molar-refractivity contribution in [2.45, 2.75) is 13.5 Å². The maximum atomic E-state index is 13.7. The second-order valence-electron chi connectivity index (χ2n) is 7.58. The lowest BCUT2D eigenvalue weighted by molar-refractivity contribution is -0.113. The van der Waals surface area contributed by atoms with E-state index in [-0.39, 0.29) is 5.91 Å². The first kappa shape index (κ1) is 20.7. The highest BCUT2D eigenvalue weighted by Crippen LogP contribution is 2.38. The molecule has 0 atom stereocenters. The lowest BCUT2D eigenvalue weighted by atomic mass is 10.1. The van der Waals surface area contributed by atoms with Gasteiger partial charge in [0.15, 0.2) is 4.32 Å². The van der Waals surface area contributed by atoms with Crippen molar-refractivity contribution in [2.24, 2.45) is 0 Å². The predicted molar refractivity (Wildman–Crippen MR) is 134 cm³/mol. The summed E-state index contributed by atoms with van der Waals surface area (Å²) in [6, 6.07) is 24.4. The van der Waals surface area contributed by atoms with E-state index in [9.17, 15) is 9.18 Å². The zero-order chi connectivity index (χ0) is 22.2. The van der Waals surface area contributed by atoms with Gasteiger partial charge in [-0.25, -0.2) is 4.39 Å². The number of rotatable bonds is 4. The van der Waals surface area contributed by atoms with Gasteiger partial charge < -0.3 is 4.57 Å². The third kappa shape index (κ3) is 3.66. The molecule has 6 heteroatoms. The molecule has 3 aromatic carbocycles. The molecule has 0 bridgehead atoms. The van der Waals surface area contributed by atoms with Crippen molar-refractivity contribution in [3.63, 3.8) is 0 Å². The molecule has 1 amide bonds. The second kappa shape index (κ2) is 8.37. The number of amides is 1. The van der Waals surface area contributed by atoms with Gasteiger partial charge in [0.05, 0.1) is 10.6 Å².